The quantitative estimate of drug-likeness (QED) is 0.717. The lowest BCUT2D eigenvalue weighted by molar-refractivity contribution is 1.22. The number of fused-ring (bicyclic) bond motifs is 1. The number of rotatable bonds is 1. The zero-order valence-corrected chi connectivity index (χ0v) is 7.91. The van der Waals surface area contributed by atoms with Gasteiger partial charge in [0.1, 0.15) is 10.6 Å². The Morgan fingerprint density at radius 2 is 2.33 bits per heavy atom. The minimum absolute atomic E-state index is 0.286. The van der Waals surface area contributed by atoms with Crippen molar-refractivity contribution in [3.63, 3.8) is 0 Å². The van der Waals surface area contributed by atoms with Gasteiger partial charge in [-0.05, 0) is 23.0 Å². The Balaban J connectivity index is 2.80. The molecule has 0 saturated heterocycles. The lowest BCUT2D eigenvalue weighted by Crippen LogP contribution is -1.93. The first-order chi connectivity index (χ1) is 5.81. The van der Waals surface area contributed by atoms with Crippen LogP contribution in [0.2, 0.25) is 5.28 Å². The molecular weight excluding hydrogens is 194 g/mol. The van der Waals surface area contributed by atoms with Crippen LogP contribution in [0.3, 0.4) is 0 Å². The molecule has 2 heterocycles. The van der Waals surface area contributed by atoms with E-state index in [0.29, 0.717) is 0 Å². The normalized spacial score (nSPS) is 10.5. The smallest absolute Gasteiger partial charge is 0.225 e. The minimum Gasteiger partial charge on any atom is -0.372 e. The molecule has 0 fully saturated rings. The average molecular weight is 200 g/mol. The van der Waals surface area contributed by atoms with Gasteiger partial charge in [-0.2, -0.15) is 0 Å². The van der Waals surface area contributed by atoms with Gasteiger partial charge in [-0.3, -0.25) is 0 Å². The van der Waals surface area contributed by atoms with Gasteiger partial charge >= 0.3 is 0 Å². The molecule has 5 heteroatoms. The maximum absolute atomic E-state index is 5.70. The maximum atomic E-state index is 5.70. The van der Waals surface area contributed by atoms with Crippen LogP contribution in [-0.2, 0) is 0 Å². The number of thiophene rings is 1. The lowest BCUT2D eigenvalue weighted by atomic mass is 10.4. The highest BCUT2D eigenvalue weighted by atomic mass is 35.5. The van der Waals surface area contributed by atoms with Crippen molar-refractivity contribution in [2.45, 2.75) is 0 Å². The average Bonchev–Trinajstić information content (AvgIpc) is 2.50. The zero-order chi connectivity index (χ0) is 8.55. The Morgan fingerprint density at radius 1 is 1.50 bits per heavy atom. The number of aromatic nitrogens is 2. The minimum atomic E-state index is 0.286. The number of hydrogen-bond acceptors (Lipinski definition) is 4. The summed E-state index contributed by atoms with van der Waals surface area (Å²) in [5.41, 5.74) is 0. The van der Waals surface area contributed by atoms with Crippen molar-refractivity contribution in [2.75, 3.05) is 12.4 Å². The van der Waals surface area contributed by atoms with Crippen LogP contribution in [0.4, 0.5) is 5.82 Å². The predicted octanol–water partition coefficient (Wildman–Crippen LogP) is 2.39. The zero-order valence-electron chi connectivity index (χ0n) is 6.34. The number of anilines is 1. The number of hydrogen-bond donors (Lipinski definition) is 1. The van der Waals surface area contributed by atoms with Crippen LogP contribution < -0.4 is 5.32 Å². The summed E-state index contributed by atoms with van der Waals surface area (Å²) < 4.78 is 0. The molecule has 62 valence electrons. The third kappa shape index (κ3) is 1.13. The molecular formula is C7H6ClN3S. The van der Waals surface area contributed by atoms with Gasteiger partial charge in [-0.25, -0.2) is 9.97 Å². The third-order valence-corrected chi connectivity index (χ3v) is 2.51. The highest BCUT2D eigenvalue weighted by Crippen LogP contribution is 2.25. The molecule has 1 N–H and O–H groups in total. The number of nitrogens with zero attached hydrogens (tertiary/aromatic N) is 2. The molecule has 2 rings (SSSR count). The molecule has 0 spiro atoms. The first kappa shape index (κ1) is 7.76. The van der Waals surface area contributed by atoms with E-state index in [0.717, 1.165) is 16.0 Å². The molecule has 0 aliphatic heterocycles. The molecule has 0 radical (unpaired) electrons. The van der Waals surface area contributed by atoms with Gasteiger partial charge in [0, 0.05) is 7.05 Å². The van der Waals surface area contributed by atoms with Crippen molar-refractivity contribution in [1.29, 1.82) is 0 Å². The van der Waals surface area contributed by atoms with Crippen LogP contribution in [0.25, 0.3) is 10.2 Å². The van der Waals surface area contributed by atoms with Gasteiger partial charge in [0.2, 0.25) is 5.28 Å². The summed E-state index contributed by atoms with van der Waals surface area (Å²) in [7, 11) is 1.82. The summed E-state index contributed by atoms with van der Waals surface area (Å²) in [5.74, 6) is 0.784. The highest BCUT2D eigenvalue weighted by Gasteiger charge is 2.04. The molecule has 0 atom stereocenters. The topological polar surface area (TPSA) is 37.8 Å². The summed E-state index contributed by atoms with van der Waals surface area (Å²) in [6.07, 6.45) is 0. The van der Waals surface area contributed by atoms with E-state index < -0.39 is 0 Å². The SMILES string of the molecule is CNc1nc(Cl)nc2sccc12. The predicted molar refractivity (Wildman–Crippen MR) is 52.0 cm³/mol. The largest absolute Gasteiger partial charge is 0.372 e. The van der Waals surface area contributed by atoms with Crippen molar-refractivity contribution < 1.29 is 0 Å². The van der Waals surface area contributed by atoms with E-state index >= 15 is 0 Å². The van der Waals surface area contributed by atoms with Crippen LogP contribution in [0, 0.1) is 0 Å². The summed E-state index contributed by atoms with van der Waals surface area (Å²) in [5, 5.41) is 6.24. The molecule has 12 heavy (non-hydrogen) atoms. The molecule has 0 aliphatic rings. The Kier molecular flexibility index (Phi) is 1.86. The second-order valence-corrected chi connectivity index (χ2v) is 3.46. The Bertz CT molecular complexity index is 412. The van der Waals surface area contributed by atoms with E-state index in [2.05, 4.69) is 15.3 Å². The summed E-state index contributed by atoms with van der Waals surface area (Å²) >= 11 is 7.26. The maximum Gasteiger partial charge on any atom is 0.225 e. The second kappa shape index (κ2) is 2.88. The van der Waals surface area contributed by atoms with E-state index in [-0.39, 0.29) is 5.28 Å². The monoisotopic (exact) mass is 199 g/mol. The molecule has 0 amide bonds. The molecule has 0 aliphatic carbocycles. The van der Waals surface area contributed by atoms with Gasteiger partial charge in [-0.1, -0.05) is 0 Å². The van der Waals surface area contributed by atoms with Gasteiger partial charge in [-0.15, -0.1) is 11.3 Å². The standard InChI is InChI=1S/C7H6ClN3S/c1-9-5-4-2-3-12-6(4)11-7(8)10-5/h2-3H,1H3,(H,9,10,11). The van der Waals surface area contributed by atoms with Gasteiger partial charge in [0.05, 0.1) is 5.39 Å². The van der Waals surface area contributed by atoms with Gasteiger partial charge in [0.15, 0.2) is 0 Å². The molecule has 0 saturated carbocycles. The third-order valence-electron chi connectivity index (χ3n) is 1.53. The van der Waals surface area contributed by atoms with Crippen molar-refractivity contribution in [2.24, 2.45) is 0 Å². The second-order valence-electron chi connectivity index (χ2n) is 2.23. The lowest BCUT2D eigenvalue weighted by Gasteiger charge is -1.99. The van der Waals surface area contributed by atoms with Crippen LogP contribution in [0.1, 0.15) is 0 Å². The molecule has 3 nitrogen and oxygen atoms in total. The van der Waals surface area contributed by atoms with Gasteiger partial charge in [0.25, 0.3) is 0 Å². The summed E-state index contributed by atoms with van der Waals surface area (Å²) in [6.45, 7) is 0. The van der Waals surface area contributed by atoms with E-state index in [9.17, 15) is 0 Å². The fourth-order valence-electron chi connectivity index (χ4n) is 1.02. The molecule has 0 aromatic carbocycles. The molecule has 2 aromatic rings. The molecule has 2 aromatic heterocycles. The number of halogens is 1. The fourth-order valence-corrected chi connectivity index (χ4v) is 2.00. The van der Waals surface area contributed by atoms with E-state index in [1.165, 1.54) is 0 Å². The summed E-state index contributed by atoms with van der Waals surface area (Å²) in [6, 6.07) is 1.97. The fraction of sp³-hybridized carbons (Fsp3) is 0.143. The first-order valence-corrected chi connectivity index (χ1v) is 4.65. The summed E-state index contributed by atoms with van der Waals surface area (Å²) in [4.78, 5) is 9.04. The Labute approximate surface area is 78.4 Å². The number of nitrogens with one attached hydrogen (secondary N) is 1. The van der Waals surface area contributed by atoms with Crippen molar-refractivity contribution in [1.82, 2.24) is 9.97 Å². The van der Waals surface area contributed by atoms with E-state index in [4.69, 9.17) is 11.6 Å². The highest BCUT2D eigenvalue weighted by molar-refractivity contribution is 7.16. The van der Waals surface area contributed by atoms with Crippen LogP contribution in [0.5, 0.6) is 0 Å². The van der Waals surface area contributed by atoms with Gasteiger partial charge < -0.3 is 5.32 Å². The van der Waals surface area contributed by atoms with E-state index in [1.807, 2.05) is 18.5 Å². The Hall–Kier alpha value is -0.870. The van der Waals surface area contributed by atoms with Crippen molar-refractivity contribution >= 4 is 39.0 Å². The van der Waals surface area contributed by atoms with Crippen LogP contribution in [-0.4, -0.2) is 17.0 Å². The van der Waals surface area contributed by atoms with Crippen LogP contribution in [0.15, 0.2) is 11.4 Å². The molecule has 0 bridgehead atoms. The first-order valence-electron chi connectivity index (χ1n) is 3.40. The Morgan fingerprint density at radius 3 is 3.08 bits per heavy atom. The van der Waals surface area contributed by atoms with Crippen molar-refractivity contribution in [3.8, 4) is 0 Å². The van der Waals surface area contributed by atoms with E-state index in [1.54, 1.807) is 11.3 Å². The molecule has 0 unspecified atom stereocenters. The van der Waals surface area contributed by atoms with Crippen LogP contribution >= 0.6 is 22.9 Å². The van der Waals surface area contributed by atoms with Crippen molar-refractivity contribution in [3.05, 3.63) is 16.7 Å².